The van der Waals surface area contributed by atoms with Crippen LogP contribution in [0.2, 0.25) is 0 Å². The number of hydrogen-bond donors (Lipinski definition) is 0. The van der Waals surface area contributed by atoms with E-state index in [1.807, 2.05) is 0 Å². The van der Waals surface area contributed by atoms with Gasteiger partial charge in [-0.3, -0.25) is 4.57 Å². The van der Waals surface area contributed by atoms with Crippen molar-refractivity contribution in [1.29, 1.82) is 0 Å². The Bertz CT molecular complexity index is 3240. The van der Waals surface area contributed by atoms with Crippen molar-refractivity contribution in [3.63, 3.8) is 0 Å². The van der Waals surface area contributed by atoms with Crippen LogP contribution in [-0.2, 0) is 0 Å². The molecule has 0 aliphatic heterocycles. The average molecular weight is 700 g/mol. The summed E-state index contributed by atoms with van der Waals surface area (Å²) in [5.74, 6) is 0.801. The van der Waals surface area contributed by atoms with Gasteiger partial charge in [-0.05, 0) is 91.3 Å². The molecule has 0 bridgehead atoms. The van der Waals surface area contributed by atoms with Crippen molar-refractivity contribution in [2.75, 3.05) is 0 Å². The monoisotopic (exact) mass is 699 g/mol. The fourth-order valence-electron chi connectivity index (χ4n) is 8.33. The first kappa shape index (κ1) is 31.2. The van der Waals surface area contributed by atoms with Gasteiger partial charge in [-0.15, -0.1) is 0 Å². The molecule has 3 heteroatoms. The van der Waals surface area contributed by atoms with Gasteiger partial charge < -0.3 is 0 Å². The molecule has 0 unspecified atom stereocenters. The second-order valence-electron chi connectivity index (χ2n) is 14.2. The second kappa shape index (κ2) is 12.6. The first-order valence-corrected chi connectivity index (χ1v) is 18.7. The highest BCUT2D eigenvalue weighted by Gasteiger charge is 2.23. The fourth-order valence-corrected chi connectivity index (χ4v) is 8.33. The van der Waals surface area contributed by atoms with Crippen LogP contribution >= 0.6 is 0 Å². The molecule has 0 radical (unpaired) electrons. The molecule has 2 heterocycles. The minimum atomic E-state index is 0.801. The molecule has 0 aliphatic rings. The van der Waals surface area contributed by atoms with Crippen LogP contribution in [0.25, 0.3) is 105 Å². The number of hydrogen-bond acceptors (Lipinski definition) is 2. The topological polar surface area (TPSA) is 30.7 Å². The van der Waals surface area contributed by atoms with Crippen molar-refractivity contribution in [2.45, 2.75) is 0 Å². The lowest BCUT2D eigenvalue weighted by atomic mass is 9.93. The molecule has 11 aromatic rings. The summed E-state index contributed by atoms with van der Waals surface area (Å²) in [4.78, 5) is 11.3. The minimum absolute atomic E-state index is 0.801. The molecule has 0 amide bonds. The lowest BCUT2D eigenvalue weighted by Gasteiger charge is -2.17. The van der Waals surface area contributed by atoms with E-state index in [0.29, 0.717) is 0 Å². The highest BCUT2D eigenvalue weighted by molar-refractivity contribution is 6.19. The molecule has 2 aromatic heterocycles. The van der Waals surface area contributed by atoms with Gasteiger partial charge in [-0.1, -0.05) is 164 Å². The van der Waals surface area contributed by atoms with E-state index in [4.69, 9.17) is 9.97 Å². The van der Waals surface area contributed by atoms with Crippen molar-refractivity contribution in [3.8, 4) is 50.5 Å². The standard InChI is InChI=1S/C52H33N3/c1-4-16-35(17-5-1)42-25-14-26-48-50(42)45-30-39-23-12-13-24-40(39)31-49(45)55(48)52-51(41-28-27-34-15-10-11-22-38(34)29-41)53-46-32-43(36-18-6-2-7-19-36)44(33-47(46)54-52)37-20-8-3-9-21-37/h1-33H. The third kappa shape index (κ3) is 5.20. The van der Waals surface area contributed by atoms with Gasteiger partial charge in [0.15, 0.2) is 5.82 Å². The van der Waals surface area contributed by atoms with Crippen LogP contribution in [0.5, 0.6) is 0 Å². The molecule has 55 heavy (non-hydrogen) atoms. The molecule has 0 saturated heterocycles. The Morgan fingerprint density at radius 2 is 0.855 bits per heavy atom. The Morgan fingerprint density at radius 1 is 0.327 bits per heavy atom. The van der Waals surface area contributed by atoms with Gasteiger partial charge in [0.2, 0.25) is 0 Å². The predicted octanol–water partition coefficient (Wildman–Crippen LogP) is 13.7. The van der Waals surface area contributed by atoms with E-state index in [9.17, 15) is 0 Å². The van der Waals surface area contributed by atoms with Gasteiger partial charge in [0.1, 0.15) is 5.69 Å². The fraction of sp³-hybridized carbons (Fsp3) is 0. The number of fused-ring (bicyclic) bond motifs is 6. The smallest absolute Gasteiger partial charge is 0.165 e. The third-order valence-corrected chi connectivity index (χ3v) is 10.9. The minimum Gasteiger partial charge on any atom is -0.292 e. The summed E-state index contributed by atoms with van der Waals surface area (Å²) in [6, 6.07) is 71.5. The highest BCUT2D eigenvalue weighted by Crippen LogP contribution is 2.43. The molecule has 0 N–H and O–H groups in total. The Hall–Kier alpha value is -7.36. The molecule has 3 nitrogen and oxygen atoms in total. The van der Waals surface area contributed by atoms with Crippen LogP contribution < -0.4 is 0 Å². The van der Waals surface area contributed by atoms with Gasteiger partial charge in [0.25, 0.3) is 0 Å². The molecule has 256 valence electrons. The van der Waals surface area contributed by atoms with E-state index in [1.54, 1.807) is 0 Å². The molecule has 0 spiro atoms. The summed E-state index contributed by atoms with van der Waals surface area (Å²) >= 11 is 0. The molecule has 0 atom stereocenters. The molecule has 0 saturated carbocycles. The maximum Gasteiger partial charge on any atom is 0.165 e. The summed E-state index contributed by atoms with van der Waals surface area (Å²) < 4.78 is 2.35. The summed E-state index contributed by atoms with van der Waals surface area (Å²) in [6.45, 7) is 0. The van der Waals surface area contributed by atoms with Crippen LogP contribution in [0.1, 0.15) is 0 Å². The van der Waals surface area contributed by atoms with Crippen LogP contribution in [0, 0.1) is 0 Å². The number of benzene rings is 9. The van der Waals surface area contributed by atoms with Crippen LogP contribution in [0.3, 0.4) is 0 Å². The molecule has 9 aromatic carbocycles. The van der Waals surface area contributed by atoms with Gasteiger partial charge in [-0.2, -0.15) is 0 Å². The van der Waals surface area contributed by atoms with E-state index in [2.05, 4.69) is 205 Å². The first-order chi connectivity index (χ1) is 27.3. The van der Waals surface area contributed by atoms with Crippen molar-refractivity contribution >= 4 is 54.4 Å². The van der Waals surface area contributed by atoms with Gasteiger partial charge in [0.05, 0.1) is 22.1 Å². The molecule has 0 fully saturated rings. The number of rotatable bonds is 5. The van der Waals surface area contributed by atoms with Gasteiger partial charge >= 0.3 is 0 Å². The Balaban J connectivity index is 1.29. The van der Waals surface area contributed by atoms with Gasteiger partial charge in [-0.25, -0.2) is 9.97 Å². The third-order valence-electron chi connectivity index (χ3n) is 10.9. The summed E-state index contributed by atoms with van der Waals surface area (Å²) in [5.41, 5.74) is 12.6. The Labute approximate surface area is 318 Å². The van der Waals surface area contributed by atoms with Crippen LogP contribution in [0.4, 0.5) is 0 Å². The van der Waals surface area contributed by atoms with Crippen molar-refractivity contribution in [2.24, 2.45) is 0 Å². The maximum absolute atomic E-state index is 5.68. The summed E-state index contributed by atoms with van der Waals surface area (Å²) in [6.07, 6.45) is 0. The summed E-state index contributed by atoms with van der Waals surface area (Å²) in [7, 11) is 0. The molecule has 0 aliphatic carbocycles. The lowest BCUT2D eigenvalue weighted by molar-refractivity contribution is 1.08. The Kier molecular flexibility index (Phi) is 7.17. The van der Waals surface area contributed by atoms with Crippen LogP contribution in [-0.4, -0.2) is 14.5 Å². The second-order valence-corrected chi connectivity index (χ2v) is 14.2. The predicted molar refractivity (Wildman–Crippen MR) is 231 cm³/mol. The zero-order chi connectivity index (χ0) is 36.3. The number of nitrogens with zero attached hydrogens (tertiary/aromatic N) is 3. The SMILES string of the molecule is c1ccc(-c2cc3nc(-c4ccc5ccccc5c4)c(-n4c5cc6ccccc6cc5c5c(-c6ccccc6)cccc54)nc3cc2-c2ccccc2)cc1. The molecule has 11 rings (SSSR count). The van der Waals surface area contributed by atoms with E-state index in [0.717, 1.165) is 66.8 Å². The van der Waals surface area contributed by atoms with E-state index in [1.165, 1.54) is 38.1 Å². The van der Waals surface area contributed by atoms with Gasteiger partial charge in [0, 0.05) is 16.3 Å². The highest BCUT2D eigenvalue weighted by atomic mass is 15.1. The lowest BCUT2D eigenvalue weighted by Crippen LogP contribution is -2.04. The average Bonchev–Trinajstić information content (AvgIpc) is 3.58. The van der Waals surface area contributed by atoms with E-state index >= 15 is 0 Å². The Morgan fingerprint density at radius 3 is 1.49 bits per heavy atom. The molecular weight excluding hydrogens is 667 g/mol. The number of aromatic nitrogens is 3. The van der Waals surface area contributed by atoms with Crippen LogP contribution in [0.15, 0.2) is 200 Å². The van der Waals surface area contributed by atoms with E-state index in [-0.39, 0.29) is 0 Å². The first-order valence-electron chi connectivity index (χ1n) is 18.7. The zero-order valence-corrected chi connectivity index (χ0v) is 29.9. The quantitative estimate of drug-likeness (QED) is 0.179. The maximum atomic E-state index is 5.68. The van der Waals surface area contributed by atoms with E-state index < -0.39 is 0 Å². The largest absolute Gasteiger partial charge is 0.292 e. The van der Waals surface area contributed by atoms with Crippen molar-refractivity contribution in [1.82, 2.24) is 14.5 Å². The van der Waals surface area contributed by atoms with Crippen molar-refractivity contribution in [3.05, 3.63) is 200 Å². The normalized spacial score (nSPS) is 11.6. The van der Waals surface area contributed by atoms with Crippen molar-refractivity contribution < 1.29 is 0 Å². The zero-order valence-electron chi connectivity index (χ0n) is 29.9. The molecular formula is C52H33N3. The summed E-state index contributed by atoms with van der Waals surface area (Å²) in [5, 5.41) is 7.12.